The van der Waals surface area contributed by atoms with E-state index in [-0.39, 0.29) is 48.8 Å². The van der Waals surface area contributed by atoms with Gasteiger partial charge >= 0.3 is 0 Å². The molecule has 34 heavy (non-hydrogen) atoms. The van der Waals surface area contributed by atoms with E-state index >= 15 is 0 Å². The van der Waals surface area contributed by atoms with Gasteiger partial charge in [0.1, 0.15) is 23.4 Å². The number of amides is 1. The van der Waals surface area contributed by atoms with Crippen molar-refractivity contribution in [1.82, 2.24) is 5.32 Å². The topological polar surface area (TPSA) is 81.7 Å². The number of hydrogen-bond acceptors (Lipinski definition) is 6. The molecule has 0 aliphatic carbocycles. The fourth-order valence-corrected chi connectivity index (χ4v) is 4.74. The Kier molecular flexibility index (Phi) is 7.07. The van der Waals surface area contributed by atoms with Crippen LogP contribution >= 0.6 is 11.3 Å². The molecular weight excluding hydrogens is 457 g/mol. The van der Waals surface area contributed by atoms with Crippen molar-refractivity contribution in [1.29, 1.82) is 0 Å². The molecule has 0 spiro atoms. The summed E-state index contributed by atoms with van der Waals surface area (Å²) in [7, 11) is 1.55. The Morgan fingerprint density at radius 1 is 1.12 bits per heavy atom. The standard InChI is InChI=1S/C26H24FNO5S/c1-15(29)23-8-9-24(34-23)21-13-18(27)11-17-12-20(33-26(17)21)14-28-25(31)10-7-22(30)16-3-5-19(32-2)6-4-16/h3-6,8-9,11,13,20H,7,10,12,14H2,1-2H3,(H,28,31). The highest BCUT2D eigenvalue weighted by Crippen LogP contribution is 2.42. The van der Waals surface area contributed by atoms with Crippen molar-refractivity contribution in [2.75, 3.05) is 13.7 Å². The summed E-state index contributed by atoms with van der Waals surface area (Å²) in [6.45, 7) is 1.74. The van der Waals surface area contributed by atoms with Crippen molar-refractivity contribution < 1.29 is 28.2 Å². The van der Waals surface area contributed by atoms with E-state index in [1.807, 2.05) is 0 Å². The Hall–Kier alpha value is -3.52. The zero-order chi connectivity index (χ0) is 24.2. The number of methoxy groups -OCH3 is 1. The molecular formula is C26H24FNO5S. The number of rotatable bonds is 9. The van der Waals surface area contributed by atoms with E-state index in [0.29, 0.717) is 33.9 Å². The minimum Gasteiger partial charge on any atom is -0.497 e. The number of ether oxygens (including phenoxy) is 2. The average Bonchev–Trinajstić information content (AvgIpc) is 3.48. The van der Waals surface area contributed by atoms with Gasteiger partial charge in [-0.2, -0.15) is 0 Å². The molecule has 0 radical (unpaired) electrons. The van der Waals surface area contributed by atoms with Gasteiger partial charge in [0, 0.05) is 40.8 Å². The molecule has 1 aliphatic rings. The largest absolute Gasteiger partial charge is 0.497 e. The van der Waals surface area contributed by atoms with Gasteiger partial charge in [-0.3, -0.25) is 14.4 Å². The number of carbonyl (C=O) groups excluding carboxylic acids is 3. The second-order valence-corrected chi connectivity index (χ2v) is 9.15. The normalized spacial score (nSPS) is 14.3. The second-order valence-electron chi connectivity index (χ2n) is 8.06. The number of nitrogens with one attached hydrogen (secondary N) is 1. The zero-order valence-corrected chi connectivity index (χ0v) is 19.7. The van der Waals surface area contributed by atoms with Crippen LogP contribution in [0, 0.1) is 5.82 Å². The molecule has 176 valence electrons. The molecule has 6 nitrogen and oxygen atoms in total. The Morgan fingerprint density at radius 3 is 2.56 bits per heavy atom. The molecule has 0 saturated heterocycles. The highest BCUT2D eigenvalue weighted by molar-refractivity contribution is 7.17. The second kappa shape index (κ2) is 10.2. The van der Waals surface area contributed by atoms with Crippen molar-refractivity contribution in [3.8, 4) is 21.9 Å². The highest BCUT2D eigenvalue weighted by atomic mass is 32.1. The first-order valence-electron chi connectivity index (χ1n) is 10.9. The van der Waals surface area contributed by atoms with Crippen LogP contribution in [0.5, 0.6) is 11.5 Å². The van der Waals surface area contributed by atoms with E-state index in [2.05, 4.69) is 5.32 Å². The molecule has 0 saturated carbocycles. The molecule has 3 aromatic rings. The van der Waals surface area contributed by atoms with Crippen LogP contribution in [-0.2, 0) is 11.2 Å². The van der Waals surface area contributed by atoms with Gasteiger partial charge in [0.05, 0.1) is 18.5 Å². The summed E-state index contributed by atoms with van der Waals surface area (Å²) in [6.07, 6.45) is 0.267. The molecule has 1 amide bonds. The summed E-state index contributed by atoms with van der Waals surface area (Å²) in [4.78, 5) is 37.6. The van der Waals surface area contributed by atoms with Gasteiger partial charge in [-0.15, -0.1) is 11.3 Å². The monoisotopic (exact) mass is 481 g/mol. The predicted octanol–water partition coefficient (Wildman–Crippen LogP) is 4.85. The third-order valence-corrected chi connectivity index (χ3v) is 6.82. The minimum absolute atomic E-state index is 0.0451. The number of halogens is 1. The molecule has 4 rings (SSSR count). The summed E-state index contributed by atoms with van der Waals surface area (Å²) < 4.78 is 25.4. The third-order valence-electron chi connectivity index (χ3n) is 5.60. The number of fused-ring (bicyclic) bond motifs is 1. The molecule has 1 aliphatic heterocycles. The first-order chi connectivity index (χ1) is 16.3. The van der Waals surface area contributed by atoms with Gasteiger partial charge in [-0.1, -0.05) is 0 Å². The Bertz CT molecular complexity index is 1230. The molecule has 1 aromatic heterocycles. The fraction of sp³-hybridized carbons (Fsp3) is 0.269. The SMILES string of the molecule is COc1ccc(C(=O)CCC(=O)NCC2Cc3cc(F)cc(-c4ccc(C(C)=O)s4)c3O2)cc1. The van der Waals surface area contributed by atoms with Crippen LogP contribution in [0.15, 0.2) is 48.5 Å². The Morgan fingerprint density at radius 2 is 1.88 bits per heavy atom. The zero-order valence-electron chi connectivity index (χ0n) is 18.9. The van der Waals surface area contributed by atoms with Crippen molar-refractivity contribution in [3.63, 3.8) is 0 Å². The third kappa shape index (κ3) is 5.34. The smallest absolute Gasteiger partial charge is 0.220 e. The number of hydrogen-bond donors (Lipinski definition) is 1. The molecule has 0 bridgehead atoms. The summed E-state index contributed by atoms with van der Waals surface area (Å²) >= 11 is 1.29. The van der Waals surface area contributed by atoms with Gasteiger partial charge in [0.2, 0.25) is 5.91 Å². The maximum Gasteiger partial charge on any atom is 0.220 e. The maximum absolute atomic E-state index is 14.2. The van der Waals surface area contributed by atoms with Gasteiger partial charge in [0.15, 0.2) is 11.6 Å². The molecule has 0 fully saturated rings. The lowest BCUT2D eigenvalue weighted by molar-refractivity contribution is -0.121. The fourth-order valence-electron chi connectivity index (χ4n) is 3.83. The molecule has 2 heterocycles. The summed E-state index contributed by atoms with van der Waals surface area (Å²) in [5, 5.41) is 2.81. The number of ketones is 2. The van der Waals surface area contributed by atoms with E-state index in [1.54, 1.807) is 43.5 Å². The average molecular weight is 482 g/mol. The lowest BCUT2D eigenvalue weighted by Gasteiger charge is -2.13. The van der Waals surface area contributed by atoms with Crippen molar-refractivity contribution in [2.24, 2.45) is 0 Å². The van der Waals surface area contributed by atoms with Crippen molar-refractivity contribution >= 4 is 28.8 Å². The molecule has 1 unspecified atom stereocenters. The van der Waals surface area contributed by atoms with Gasteiger partial charge < -0.3 is 14.8 Å². The van der Waals surface area contributed by atoms with Crippen LogP contribution in [0.4, 0.5) is 4.39 Å². The molecule has 8 heteroatoms. The van der Waals surface area contributed by atoms with E-state index < -0.39 is 0 Å². The van der Waals surface area contributed by atoms with Crippen LogP contribution in [0.3, 0.4) is 0 Å². The Balaban J connectivity index is 1.32. The highest BCUT2D eigenvalue weighted by Gasteiger charge is 2.28. The number of Topliss-reactive ketones (excluding diaryl/α,β-unsaturated/α-hetero) is 2. The van der Waals surface area contributed by atoms with Crippen LogP contribution in [-0.4, -0.2) is 37.2 Å². The lowest BCUT2D eigenvalue weighted by atomic mass is 10.0. The first-order valence-corrected chi connectivity index (χ1v) is 11.7. The summed E-state index contributed by atoms with van der Waals surface area (Å²) in [5.41, 5.74) is 1.85. The molecule has 1 N–H and O–H groups in total. The minimum atomic E-state index is -0.378. The van der Waals surface area contributed by atoms with Crippen molar-refractivity contribution in [3.05, 3.63) is 70.4 Å². The summed E-state index contributed by atoms with van der Waals surface area (Å²) in [5.74, 6) is 0.439. The number of thiophene rings is 1. The van der Waals surface area contributed by atoms with Gasteiger partial charge in [-0.25, -0.2) is 4.39 Å². The van der Waals surface area contributed by atoms with E-state index in [0.717, 1.165) is 10.4 Å². The maximum atomic E-state index is 14.2. The van der Waals surface area contributed by atoms with Crippen LogP contribution < -0.4 is 14.8 Å². The quantitative estimate of drug-likeness (QED) is 0.442. The van der Waals surface area contributed by atoms with Crippen LogP contribution in [0.1, 0.15) is 45.4 Å². The lowest BCUT2D eigenvalue weighted by Crippen LogP contribution is -2.34. The number of benzene rings is 2. The molecule has 2 aromatic carbocycles. The van der Waals surface area contributed by atoms with E-state index in [4.69, 9.17) is 9.47 Å². The first kappa shape index (κ1) is 23.6. The predicted molar refractivity (Wildman–Crippen MR) is 127 cm³/mol. The Labute approximate surface area is 200 Å². The van der Waals surface area contributed by atoms with Crippen molar-refractivity contribution in [2.45, 2.75) is 32.3 Å². The van der Waals surface area contributed by atoms with Crippen LogP contribution in [0.2, 0.25) is 0 Å². The van der Waals surface area contributed by atoms with Crippen LogP contribution in [0.25, 0.3) is 10.4 Å². The molecule has 1 atom stereocenters. The summed E-state index contributed by atoms with van der Waals surface area (Å²) in [6, 6.07) is 13.1. The van der Waals surface area contributed by atoms with E-state index in [9.17, 15) is 18.8 Å². The van der Waals surface area contributed by atoms with Gasteiger partial charge in [0.25, 0.3) is 0 Å². The van der Waals surface area contributed by atoms with Gasteiger partial charge in [-0.05, 0) is 55.5 Å². The van der Waals surface area contributed by atoms with E-state index in [1.165, 1.54) is 30.4 Å². The number of carbonyl (C=O) groups is 3.